The van der Waals surface area contributed by atoms with E-state index in [0.29, 0.717) is 6.54 Å². The van der Waals surface area contributed by atoms with Crippen LogP contribution in [0.3, 0.4) is 0 Å². The summed E-state index contributed by atoms with van der Waals surface area (Å²) in [6.07, 6.45) is -4.28. The molecule has 108 valence electrons. The zero-order chi connectivity index (χ0) is 14.5. The third-order valence-corrected chi connectivity index (χ3v) is 2.80. The van der Waals surface area contributed by atoms with E-state index in [4.69, 9.17) is 4.74 Å². The maximum absolute atomic E-state index is 12.1. The summed E-state index contributed by atoms with van der Waals surface area (Å²) in [5.41, 5.74) is 3.17. The molecule has 5 heteroatoms. The van der Waals surface area contributed by atoms with Gasteiger partial charge in [0, 0.05) is 0 Å². The lowest BCUT2D eigenvalue weighted by atomic mass is 9.99. The minimum absolute atomic E-state index is 0.0112. The molecule has 0 aliphatic rings. The summed E-state index contributed by atoms with van der Waals surface area (Å²) in [5.74, 6) is 0. The maximum atomic E-state index is 12.1. The zero-order valence-electron chi connectivity index (χ0n) is 11.5. The van der Waals surface area contributed by atoms with Gasteiger partial charge in [0.25, 0.3) is 0 Å². The molecule has 0 aliphatic heterocycles. The summed E-state index contributed by atoms with van der Waals surface area (Å²) in [6.45, 7) is 5.33. The largest absolute Gasteiger partial charge is 0.411 e. The standard InChI is InChI=1S/C14H20F3NO/c1-4-18-13(8-19-9-14(15,16)17)12-6-5-10(2)7-11(12)3/h5-7,13,18H,4,8-9H2,1-3H3. The quantitative estimate of drug-likeness (QED) is 0.857. The highest BCUT2D eigenvalue weighted by Crippen LogP contribution is 2.21. The van der Waals surface area contributed by atoms with Gasteiger partial charge in [0.05, 0.1) is 12.6 Å². The summed E-state index contributed by atoms with van der Waals surface area (Å²) in [7, 11) is 0. The highest BCUT2D eigenvalue weighted by molar-refractivity contribution is 5.32. The minimum atomic E-state index is -4.28. The van der Waals surface area contributed by atoms with Crippen molar-refractivity contribution in [3.63, 3.8) is 0 Å². The van der Waals surface area contributed by atoms with E-state index in [2.05, 4.69) is 5.32 Å². The van der Waals surface area contributed by atoms with Crippen molar-refractivity contribution in [3.05, 3.63) is 34.9 Å². The van der Waals surface area contributed by atoms with Crippen molar-refractivity contribution in [2.24, 2.45) is 0 Å². The van der Waals surface area contributed by atoms with Gasteiger partial charge in [-0.1, -0.05) is 30.7 Å². The number of likely N-dealkylation sites (N-methyl/N-ethyl adjacent to an activating group) is 1. The summed E-state index contributed by atoms with van der Waals surface area (Å²) in [4.78, 5) is 0. The Morgan fingerprint density at radius 2 is 1.95 bits per heavy atom. The topological polar surface area (TPSA) is 21.3 Å². The van der Waals surface area contributed by atoms with Gasteiger partial charge in [0.1, 0.15) is 6.61 Å². The highest BCUT2D eigenvalue weighted by Gasteiger charge is 2.28. The second-order valence-corrected chi connectivity index (χ2v) is 4.60. The van der Waals surface area contributed by atoms with E-state index in [-0.39, 0.29) is 12.6 Å². The van der Waals surface area contributed by atoms with Crippen LogP contribution < -0.4 is 5.32 Å². The number of nitrogens with one attached hydrogen (secondary N) is 1. The highest BCUT2D eigenvalue weighted by atomic mass is 19.4. The molecular formula is C14H20F3NO. The van der Waals surface area contributed by atoms with Crippen molar-refractivity contribution in [3.8, 4) is 0 Å². The molecule has 1 aromatic carbocycles. The van der Waals surface area contributed by atoms with Crippen LogP contribution in [0.1, 0.15) is 29.7 Å². The normalized spacial score (nSPS) is 13.6. The average Bonchev–Trinajstić information content (AvgIpc) is 2.26. The fourth-order valence-electron chi connectivity index (χ4n) is 2.01. The lowest BCUT2D eigenvalue weighted by Crippen LogP contribution is -2.28. The number of halogens is 3. The first-order valence-corrected chi connectivity index (χ1v) is 6.28. The van der Waals surface area contributed by atoms with Crippen molar-refractivity contribution in [1.29, 1.82) is 0 Å². The van der Waals surface area contributed by atoms with Gasteiger partial charge in [-0.25, -0.2) is 0 Å². The Hall–Kier alpha value is -1.07. The Morgan fingerprint density at radius 3 is 2.47 bits per heavy atom. The molecule has 19 heavy (non-hydrogen) atoms. The van der Waals surface area contributed by atoms with Crippen molar-refractivity contribution in [1.82, 2.24) is 5.32 Å². The molecule has 0 heterocycles. The smallest absolute Gasteiger partial charge is 0.370 e. The fraction of sp³-hybridized carbons (Fsp3) is 0.571. The molecule has 2 nitrogen and oxygen atoms in total. The van der Waals surface area contributed by atoms with Gasteiger partial charge in [-0.05, 0) is 31.5 Å². The van der Waals surface area contributed by atoms with Gasteiger partial charge in [-0.3, -0.25) is 0 Å². The molecular weight excluding hydrogens is 255 g/mol. The predicted molar refractivity (Wildman–Crippen MR) is 69.2 cm³/mol. The molecule has 0 amide bonds. The molecule has 0 spiro atoms. The fourth-order valence-corrected chi connectivity index (χ4v) is 2.01. The number of ether oxygens (including phenoxy) is 1. The summed E-state index contributed by atoms with van der Waals surface area (Å²) in [6, 6.07) is 5.70. The Kier molecular flexibility index (Phi) is 5.82. The van der Waals surface area contributed by atoms with Crippen LogP contribution in [0.4, 0.5) is 13.2 Å². The van der Waals surface area contributed by atoms with E-state index < -0.39 is 12.8 Å². The van der Waals surface area contributed by atoms with Gasteiger partial charge >= 0.3 is 6.18 Å². The van der Waals surface area contributed by atoms with Crippen LogP contribution in [-0.2, 0) is 4.74 Å². The number of aryl methyl sites for hydroxylation is 2. The Morgan fingerprint density at radius 1 is 1.26 bits per heavy atom. The first kappa shape index (κ1) is 16.0. The molecule has 0 fully saturated rings. The molecule has 0 radical (unpaired) electrons. The summed E-state index contributed by atoms with van der Waals surface area (Å²) < 4.78 is 41.0. The maximum Gasteiger partial charge on any atom is 0.411 e. The predicted octanol–water partition coefficient (Wildman–Crippen LogP) is 3.53. The van der Waals surface area contributed by atoms with Crippen LogP contribution in [0.25, 0.3) is 0 Å². The van der Waals surface area contributed by atoms with Crippen molar-refractivity contribution < 1.29 is 17.9 Å². The second kappa shape index (κ2) is 6.91. The molecule has 1 unspecified atom stereocenters. The average molecular weight is 275 g/mol. The molecule has 0 aliphatic carbocycles. The third kappa shape index (κ3) is 5.61. The number of alkyl halides is 3. The van der Waals surface area contributed by atoms with Crippen LogP contribution in [-0.4, -0.2) is 25.9 Å². The van der Waals surface area contributed by atoms with E-state index >= 15 is 0 Å². The number of benzene rings is 1. The van der Waals surface area contributed by atoms with E-state index in [1.54, 1.807) is 0 Å². The molecule has 0 aromatic heterocycles. The lowest BCUT2D eigenvalue weighted by molar-refractivity contribution is -0.175. The molecule has 0 saturated heterocycles. The summed E-state index contributed by atoms with van der Waals surface area (Å²) in [5, 5.41) is 3.15. The van der Waals surface area contributed by atoms with Gasteiger partial charge in [0.2, 0.25) is 0 Å². The second-order valence-electron chi connectivity index (χ2n) is 4.60. The Balaban J connectivity index is 2.71. The minimum Gasteiger partial charge on any atom is -0.370 e. The SMILES string of the molecule is CCNC(COCC(F)(F)F)c1ccc(C)cc1C. The van der Waals surface area contributed by atoms with Crippen molar-refractivity contribution in [2.45, 2.75) is 33.0 Å². The van der Waals surface area contributed by atoms with Crippen molar-refractivity contribution in [2.75, 3.05) is 19.8 Å². The molecule has 1 rings (SSSR count). The van der Waals surface area contributed by atoms with E-state index in [1.807, 2.05) is 39.0 Å². The van der Waals surface area contributed by atoms with Gasteiger partial charge in [-0.15, -0.1) is 0 Å². The lowest BCUT2D eigenvalue weighted by Gasteiger charge is -2.21. The molecule has 1 atom stereocenters. The summed E-state index contributed by atoms with van der Waals surface area (Å²) >= 11 is 0. The monoisotopic (exact) mass is 275 g/mol. The van der Waals surface area contributed by atoms with E-state index in [1.165, 1.54) is 0 Å². The number of hydrogen-bond acceptors (Lipinski definition) is 2. The first-order chi connectivity index (χ1) is 8.83. The van der Waals surface area contributed by atoms with Crippen molar-refractivity contribution >= 4 is 0 Å². The van der Waals surface area contributed by atoms with E-state index in [0.717, 1.165) is 16.7 Å². The Labute approximate surface area is 112 Å². The molecule has 0 saturated carbocycles. The van der Waals surface area contributed by atoms with Crippen LogP contribution in [0.2, 0.25) is 0 Å². The van der Waals surface area contributed by atoms with Gasteiger partial charge in [-0.2, -0.15) is 13.2 Å². The van der Waals surface area contributed by atoms with Gasteiger partial charge in [0.15, 0.2) is 0 Å². The van der Waals surface area contributed by atoms with Gasteiger partial charge < -0.3 is 10.1 Å². The third-order valence-electron chi connectivity index (χ3n) is 2.80. The molecule has 1 aromatic rings. The van der Waals surface area contributed by atoms with Crippen LogP contribution >= 0.6 is 0 Å². The number of hydrogen-bond donors (Lipinski definition) is 1. The molecule has 0 bridgehead atoms. The number of rotatable bonds is 6. The van der Waals surface area contributed by atoms with E-state index in [9.17, 15) is 13.2 Å². The zero-order valence-corrected chi connectivity index (χ0v) is 11.5. The first-order valence-electron chi connectivity index (χ1n) is 6.28. The Bertz CT molecular complexity index is 404. The van der Waals surface area contributed by atoms with Crippen LogP contribution in [0, 0.1) is 13.8 Å². The molecule has 1 N–H and O–H groups in total. The van der Waals surface area contributed by atoms with Crippen LogP contribution in [0.5, 0.6) is 0 Å². The van der Waals surface area contributed by atoms with Crippen LogP contribution in [0.15, 0.2) is 18.2 Å².